The summed E-state index contributed by atoms with van der Waals surface area (Å²) in [5.74, 6) is -0.705. The molecule has 4 aliphatic rings. The number of carbonyl (C=O) groups excluding carboxylic acids is 3. The average molecular weight is 433 g/mol. The van der Waals surface area contributed by atoms with Crippen LogP contribution in [-0.4, -0.2) is 54.8 Å². The number of halogens is 1. The number of hydrogen-bond donors (Lipinski definition) is 2. The molecule has 4 aliphatic heterocycles. The summed E-state index contributed by atoms with van der Waals surface area (Å²) >= 11 is 0. The zero-order chi connectivity index (χ0) is 20.0. The van der Waals surface area contributed by atoms with Crippen molar-refractivity contribution in [3.05, 3.63) is 29.3 Å². The highest BCUT2D eigenvalue weighted by molar-refractivity contribution is 6.05. The van der Waals surface area contributed by atoms with E-state index in [1.54, 1.807) is 4.90 Å². The van der Waals surface area contributed by atoms with Crippen LogP contribution in [0, 0.1) is 5.41 Å². The monoisotopic (exact) mass is 432 g/mol. The van der Waals surface area contributed by atoms with Crippen LogP contribution in [0.5, 0.6) is 0 Å². The Labute approximate surface area is 183 Å². The highest BCUT2D eigenvalue weighted by atomic mass is 35.5. The van der Waals surface area contributed by atoms with Crippen molar-refractivity contribution in [2.45, 2.75) is 51.1 Å². The highest BCUT2D eigenvalue weighted by Gasteiger charge is 2.40. The number of piperidine rings is 3. The molecule has 0 bridgehead atoms. The van der Waals surface area contributed by atoms with Crippen LogP contribution in [0.4, 0.5) is 5.69 Å². The Morgan fingerprint density at radius 1 is 1.00 bits per heavy atom. The maximum absolute atomic E-state index is 13.0. The smallest absolute Gasteiger partial charge is 0.255 e. The average Bonchev–Trinajstić information content (AvgIpc) is 3.05. The Bertz CT molecular complexity index is 858. The molecule has 1 aromatic carbocycles. The van der Waals surface area contributed by atoms with Gasteiger partial charge >= 0.3 is 0 Å². The Kier molecular flexibility index (Phi) is 5.77. The van der Waals surface area contributed by atoms with Gasteiger partial charge in [-0.25, -0.2) is 0 Å². The van der Waals surface area contributed by atoms with Gasteiger partial charge in [-0.15, -0.1) is 12.4 Å². The predicted octanol–water partition coefficient (Wildman–Crippen LogP) is 1.84. The zero-order valence-electron chi connectivity index (χ0n) is 17.1. The lowest BCUT2D eigenvalue weighted by Gasteiger charge is -2.45. The summed E-state index contributed by atoms with van der Waals surface area (Å²) in [6.07, 6.45) is 5.65. The van der Waals surface area contributed by atoms with Gasteiger partial charge in [0.05, 0.1) is 0 Å². The van der Waals surface area contributed by atoms with Crippen molar-refractivity contribution in [2.75, 3.05) is 31.1 Å². The van der Waals surface area contributed by atoms with E-state index in [1.807, 2.05) is 12.1 Å². The van der Waals surface area contributed by atoms with Gasteiger partial charge in [-0.05, 0) is 68.3 Å². The maximum atomic E-state index is 13.0. The van der Waals surface area contributed by atoms with Crippen molar-refractivity contribution in [1.29, 1.82) is 0 Å². The highest BCUT2D eigenvalue weighted by Crippen LogP contribution is 2.41. The number of hydrogen-bond acceptors (Lipinski definition) is 5. The fraction of sp³-hybridized carbons (Fsp3) is 0.591. The van der Waals surface area contributed by atoms with Crippen molar-refractivity contribution in [2.24, 2.45) is 5.41 Å². The van der Waals surface area contributed by atoms with E-state index in [4.69, 9.17) is 0 Å². The molecule has 4 heterocycles. The molecule has 8 heteroatoms. The van der Waals surface area contributed by atoms with Gasteiger partial charge in [0.15, 0.2) is 0 Å². The molecular formula is C22H29ClN4O3. The topological polar surface area (TPSA) is 81.8 Å². The number of nitrogens with zero attached hydrogens (tertiary/aromatic N) is 2. The van der Waals surface area contributed by atoms with Crippen LogP contribution in [-0.2, 0) is 16.1 Å². The third-order valence-corrected chi connectivity index (χ3v) is 7.37. The fourth-order valence-electron chi connectivity index (χ4n) is 5.44. The number of benzene rings is 1. The van der Waals surface area contributed by atoms with Crippen LogP contribution in [0.25, 0.3) is 0 Å². The van der Waals surface area contributed by atoms with Gasteiger partial charge < -0.3 is 15.1 Å². The predicted molar refractivity (Wildman–Crippen MR) is 116 cm³/mol. The van der Waals surface area contributed by atoms with Gasteiger partial charge in [0.1, 0.15) is 6.04 Å². The first kappa shape index (κ1) is 21.1. The van der Waals surface area contributed by atoms with E-state index in [2.05, 4.69) is 21.6 Å². The molecule has 3 saturated heterocycles. The van der Waals surface area contributed by atoms with E-state index < -0.39 is 6.04 Å². The number of carbonyl (C=O) groups is 3. The summed E-state index contributed by atoms with van der Waals surface area (Å²) in [5, 5.41) is 5.83. The summed E-state index contributed by atoms with van der Waals surface area (Å²) in [6, 6.07) is 5.60. The van der Waals surface area contributed by atoms with E-state index in [0.29, 0.717) is 23.9 Å². The number of fused-ring (bicyclic) bond motifs is 1. The number of anilines is 1. The second-order valence-corrected chi connectivity index (χ2v) is 8.98. The molecular weight excluding hydrogens is 404 g/mol. The number of rotatable bonds is 2. The van der Waals surface area contributed by atoms with Crippen molar-refractivity contribution < 1.29 is 14.4 Å². The molecule has 2 N–H and O–H groups in total. The van der Waals surface area contributed by atoms with Crippen LogP contribution in [0.2, 0.25) is 0 Å². The SMILES string of the molecule is Cl.O=C1CC[C@@H](N2Cc3ccc(N4CCC5(CCNCC5)CC4)cc3C2=O)C(=O)N1. The minimum absolute atomic E-state index is 0. The normalized spacial score (nSPS) is 25.7. The molecule has 1 spiro atoms. The molecule has 30 heavy (non-hydrogen) atoms. The van der Waals surface area contributed by atoms with Gasteiger partial charge in [0.25, 0.3) is 5.91 Å². The minimum Gasteiger partial charge on any atom is -0.371 e. The van der Waals surface area contributed by atoms with Crippen LogP contribution in [0.1, 0.15) is 54.4 Å². The zero-order valence-corrected chi connectivity index (χ0v) is 17.9. The van der Waals surface area contributed by atoms with Gasteiger partial charge in [-0.2, -0.15) is 0 Å². The van der Waals surface area contributed by atoms with Crippen molar-refractivity contribution in [1.82, 2.24) is 15.5 Å². The molecule has 0 radical (unpaired) electrons. The molecule has 162 valence electrons. The minimum atomic E-state index is -0.550. The Hall–Kier alpha value is -2.12. The van der Waals surface area contributed by atoms with Crippen molar-refractivity contribution >= 4 is 35.8 Å². The van der Waals surface area contributed by atoms with Crippen LogP contribution in [0.15, 0.2) is 18.2 Å². The van der Waals surface area contributed by atoms with E-state index in [1.165, 1.54) is 25.7 Å². The molecule has 3 fully saturated rings. The summed E-state index contributed by atoms with van der Waals surface area (Å²) in [5.41, 5.74) is 3.27. The number of amides is 3. The van der Waals surface area contributed by atoms with Gasteiger partial charge in [-0.3, -0.25) is 19.7 Å². The van der Waals surface area contributed by atoms with Gasteiger partial charge in [0.2, 0.25) is 11.8 Å². The lowest BCUT2D eigenvalue weighted by molar-refractivity contribution is -0.136. The second kappa shape index (κ2) is 8.19. The first-order valence-corrected chi connectivity index (χ1v) is 10.8. The third kappa shape index (κ3) is 3.69. The number of imide groups is 1. The van der Waals surface area contributed by atoms with Gasteiger partial charge in [0, 0.05) is 37.3 Å². The quantitative estimate of drug-likeness (QED) is 0.697. The van der Waals surface area contributed by atoms with Crippen molar-refractivity contribution in [3.8, 4) is 0 Å². The molecule has 0 saturated carbocycles. The van der Waals surface area contributed by atoms with E-state index in [0.717, 1.165) is 37.4 Å². The van der Waals surface area contributed by atoms with Gasteiger partial charge in [-0.1, -0.05) is 6.07 Å². The first-order valence-electron chi connectivity index (χ1n) is 10.8. The number of nitrogens with one attached hydrogen (secondary N) is 2. The summed E-state index contributed by atoms with van der Waals surface area (Å²) in [4.78, 5) is 40.7. The van der Waals surface area contributed by atoms with E-state index >= 15 is 0 Å². The van der Waals surface area contributed by atoms with Crippen LogP contribution >= 0.6 is 12.4 Å². The maximum Gasteiger partial charge on any atom is 0.255 e. The van der Waals surface area contributed by atoms with E-state index in [-0.39, 0.29) is 36.5 Å². The molecule has 0 unspecified atom stereocenters. The summed E-state index contributed by atoms with van der Waals surface area (Å²) in [6.45, 7) is 4.76. The third-order valence-electron chi connectivity index (χ3n) is 7.37. The van der Waals surface area contributed by atoms with E-state index in [9.17, 15) is 14.4 Å². The largest absolute Gasteiger partial charge is 0.371 e. The molecule has 5 rings (SSSR count). The Balaban J connectivity index is 0.00000218. The lowest BCUT2D eigenvalue weighted by atomic mass is 9.71. The Morgan fingerprint density at radius 2 is 1.73 bits per heavy atom. The molecule has 1 aromatic rings. The van der Waals surface area contributed by atoms with Crippen LogP contribution < -0.4 is 15.5 Å². The van der Waals surface area contributed by atoms with Crippen molar-refractivity contribution in [3.63, 3.8) is 0 Å². The molecule has 0 aliphatic carbocycles. The lowest BCUT2D eigenvalue weighted by Crippen LogP contribution is -2.52. The summed E-state index contributed by atoms with van der Waals surface area (Å²) < 4.78 is 0. The second-order valence-electron chi connectivity index (χ2n) is 8.98. The summed E-state index contributed by atoms with van der Waals surface area (Å²) in [7, 11) is 0. The van der Waals surface area contributed by atoms with Crippen LogP contribution in [0.3, 0.4) is 0 Å². The molecule has 1 atom stereocenters. The first-order chi connectivity index (χ1) is 14.0. The standard InChI is InChI=1S/C22H28N4O3.ClH/c27-19-4-3-18(20(28)24-19)26-14-15-1-2-16(13-17(15)21(26)29)25-11-7-22(8-12-25)5-9-23-10-6-22;/h1-2,13,18,23H,3-12,14H2,(H,24,27,28);1H/t18-;/m1./s1. The molecule has 7 nitrogen and oxygen atoms in total. The Morgan fingerprint density at radius 3 is 2.43 bits per heavy atom. The molecule has 3 amide bonds. The molecule has 0 aromatic heterocycles. The fourth-order valence-corrected chi connectivity index (χ4v) is 5.44.